The molecule has 0 aliphatic heterocycles. The third kappa shape index (κ3) is 4.64. The van der Waals surface area contributed by atoms with E-state index in [4.69, 9.17) is 4.42 Å². The first kappa shape index (κ1) is 13.5. The molecule has 0 aliphatic rings. The molecule has 1 aromatic heterocycles. The first-order valence-corrected chi connectivity index (χ1v) is 4.65. The summed E-state index contributed by atoms with van der Waals surface area (Å²) < 4.78 is 5.93. The number of nitrogens with two attached hydrogens (primary N) is 1. The van der Waals surface area contributed by atoms with Gasteiger partial charge in [0.1, 0.15) is 5.76 Å². The van der Waals surface area contributed by atoms with Gasteiger partial charge in [0.05, 0.1) is 0 Å². The summed E-state index contributed by atoms with van der Waals surface area (Å²) in [6.07, 6.45) is 1.70. The molecule has 1 aromatic rings. The fraction of sp³-hybridized carbons (Fsp3) is 0.375. The lowest BCUT2D eigenvalue weighted by atomic mass is 10.2. The highest BCUT2D eigenvalue weighted by atomic mass is 79.9. The van der Waals surface area contributed by atoms with E-state index in [0.717, 1.165) is 5.76 Å². The minimum absolute atomic E-state index is 0. The maximum atomic E-state index is 10.6. The Bertz CT molecular complexity index is 290. The van der Waals surface area contributed by atoms with Crippen LogP contribution in [-0.4, -0.2) is 5.97 Å². The number of furan rings is 1. The quantitative estimate of drug-likeness (QED) is 0.861. The summed E-state index contributed by atoms with van der Waals surface area (Å²) in [5.41, 5.74) is 0. The summed E-state index contributed by atoms with van der Waals surface area (Å²) >= 11 is 3.19. The van der Waals surface area contributed by atoms with Crippen molar-refractivity contribution >= 4 is 34.3 Å². The van der Waals surface area contributed by atoms with Gasteiger partial charge in [-0.3, -0.25) is 4.79 Å². The molecule has 6 heteroatoms. The van der Waals surface area contributed by atoms with Gasteiger partial charge in [-0.2, -0.15) is 5.90 Å². The SMILES string of the molecule is Cl.NOC(=O)CCCc1ccc(Br)o1. The van der Waals surface area contributed by atoms with Gasteiger partial charge >= 0.3 is 5.97 Å². The van der Waals surface area contributed by atoms with E-state index in [1.165, 1.54) is 0 Å². The number of hydrogen-bond donors (Lipinski definition) is 1. The zero-order chi connectivity index (χ0) is 9.68. The van der Waals surface area contributed by atoms with Crippen LogP contribution >= 0.6 is 28.3 Å². The Morgan fingerprint density at radius 3 is 2.79 bits per heavy atom. The Morgan fingerprint density at radius 1 is 1.57 bits per heavy atom. The standard InChI is InChI=1S/C8H10BrNO3.ClH/c9-7-5-4-6(12-7)2-1-3-8(11)13-10;/h4-5H,1-3,10H2;1H. The summed E-state index contributed by atoms with van der Waals surface area (Å²) in [6, 6.07) is 3.68. The van der Waals surface area contributed by atoms with Crippen LogP contribution in [0.15, 0.2) is 21.2 Å². The van der Waals surface area contributed by atoms with Crippen LogP contribution in [0.2, 0.25) is 0 Å². The lowest BCUT2D eigenvalue weighted by molar-refractivity contribution is -0.144. The number of carbonyl (C=O) groups is 1. The maximum Gasteiger partial charge on any atom is 0.324 e. The van der Waals surface area contributed by atoms with E-state index in [9.17, 15) is 4.79 Å². The van der Waals surface area contributed by atoms with E-state index in [2.05, 4.69) is 26.7 Å². The average molecular weight is 285 g/mol. The zero-order valence-corrected chi connectivity index (χ0v) is 9.77. The lowest BCUT2D eigenvalue weighted by Crippen LogP contribution is -2.09. The molecule has 1 heterocycles. The second-order valence-corrected chi connectivity index (χ2v) is 3.33. The van der Waals surface area contributed by atoms with E-state index < -0.39 is 5.97 Å². The molecule has 0 fully saturated rings. The molecule has 0 aromatic carbocycles. The van der Waals surface area contributed by atoms with Crippen molar-refractivity contribution in [1.82, 2.24) is 0 Å². The molecule has 0 spiro atoms. The molecule has 1 rings (SSSR count). The predicted molar refractivity (Wildman–Crippen MR) is 56.9 cm³/mol. The summed E-state index contributed by atoms with van der Waals surface area (Å²) in [7, 11) is 0. The van der Waals surface area contributed by atoms with Gasteiger partial charge in [0, 0.05) is 12.8 Å². The second kappa shape index (κ2) is 6.86. The Balaban J connectivity index is 0.00000169. The van der Waals surface area contributed by atoms with Gasteiger partial charge in [0.25, 0.3) is 0 Å². The summed E-state index contributed by atoms with van der Waals surface area (Å²) in [4.78, 5) is 14.6. The Morgan fingerprint density at radius 2 is 2.29 bits per heavy atom. The highest BCUT2D eigenvalue weighted by Crippen LogP contribution is 2.15. The van der Waals surface area contributed by atoms with Gasteiger partial charge in [0.15, 0.2) is 4.67 Å². The fourth-order valence-electron chi connectivity index (χ4n) is 0.952. The highest BCUT2D eigenvalue weighted by molar-refractivity contribution is 9.10. The highest BCUT2D eigenvalue weighted by Gasteiger charge is 2.03. The third-order valence-corrected chi connectivity index (χ3v) is 1.99. The fourth-order valence-corrected chi connectivity index (χ4v) is 1.29. The molecule has 0 radical (unpaired) electrons. The van der Waals surface area contributed by atoms with Gasteiger partial charge in [-0.25, -0.2) is 0 Å². The zero-order valence-electron chi connectivity index (χ0n) is 7.36. The van der Waals surface area contributed by atoms with Gasteiger partial charge < -0.3 is 9.25 Å². The van der Waals surface area contributed by atoms with Crippen molar-refractivity contribution < 1.29 is 14.0 Å². The van der Waals surface area contributed by atoms with Gasteiger partial charge in [-0.05, 0) is 34.5 Å². The predicted octanol–water partition coefficient (Wildman–Crippen LogP) is 2.20. The van der Waals surface area contributed by atoms with Gasteiger partial charge in [0.2, 0.25) is 0 Å². The van der Waals surface area contributed by atoms with Gasteiger partial charge in [-0.1, -0.05) is 0 Å². The van der Waals surface area contributed by atoms with Crippen molar-refractivity contribution in [2.75, 3.05) is 0 Å². The Hall–Kier alpha value is -0.520. The van der Waals surface area contributed by atoms with Crippen LogP contribution < -0.4 is 5.90 Å². The van der Waals surface area contributed by atoms with Crippen LogP contribution in [-0.2, 0) is 16.1 Å². The van der Waals surface area contributed by atoms with Crippen molar-refractivity contribution in [2.45, 2.75) is 19.3 Å². The molecule has 0 amide bonds. The molecule has 0 saturated heterocycles. The Labute approximate surface area is 96.3 Å². The average Bonchev–Trinajstić information content (AvgIpc) is 2.51. The van der Waals surface area contributed by atoms with E-state index in [-0.39, 0.29) is 12.4 Å². The van der Waals surface area contributed by atoms with Crippen molar-refractivity contribution in [3.63, 3.8) is 0 Å². The molecule has 0 unspecified atom stereocenters. The number of aryl methyl sites for hydroxylation is 1. The van der Waals surface area contributed by atoms with Crippen LogP contribution in [0.4, 0.5) is 0 Å². The minimum atomic E-state index is -0.398. The number of halogens is 2. The van der Waals surface area contributed by atoms with Crippen LogP contribution in [0, 0.1) is 0 Å². The lowest BCUT2D eigenvalue weighted by Gasteiger charge is -1.96. The molecule has 2 N–H and O–H groups in total. The first-order valence-electron chi connectivity index (χ1n) is 3.86. The second-order valence-electron chi connectivity index (χ2n) is 2.55. The molecule has 4 nitrogen and oxygen atoms in total. The van der Waals surface area contributed by atoms with E-state index in [0.29, 0.717) is 23.9 Å². The Kier molecular flexibility index (Phi) is 6.61. The smallest absolute Gasteiger partial charge is 0.324 e. The molecule has 0 saturated carbocycles. The van der Waals surface area contributed by atoms with Crippen molar-refractivity contribution in [2.24, 2.45) is 5.90 Å². The van der Waals surface area contributed by atoms with Crippen molar-refractivity contribution in [3.8, 4) is 0 Å². The number of rotatable bonds is 4. The van der Waals surface area contributed by atoms with Crippen LogP contribution in [0.3, 0.4) is 0 Å². The van der Waals surface area contributed by atoms with Crippen LogP contribution in [0.5, 0.6) is 0 Å². The van der Waals surface area contributed by atoms with Crippen LogP contribution in [0.25, 0.3) is 0 Å². The molecular weight excluding hydrogens is 273 g/mol. The van der Waals surface area contributed by atoms with Crippen LogP contribution in [0.1, 0.15) is 18.6 Å². The van der Waals surface area contributed by atoms with E-state index in [1.54, 1.807) is 0 Å². The number of carbonyl (C=O) groups excluding carboxylic acids is 1. The minimum Gasteiger partial charge on any atom is -0.454 e. The first-order chi connectivity index (χ1) is 6.22. The summed E-state index contributed by atoms with van der Waals surface area (Å²) in [5, 5.41) is 0. The monoisotopic (exact) mass is 283 g/mol. The molecule has 0 aliphatic carbocycles. The van der Waals surface area contributed by atoms with Crippen molar-refractivity contribution in [3.05, 3.63) is 22.6 Å². The topological polar surface area (TPSA) is 65.5 Å². The van der Waals surface area contributed by atoms with E-state index >= 15 is 0 Å². The molecule has 0 atom stereocenters. The number of hydrogen-bond acceptors (Lipinski definition) is 4. The third-order valence-electron chi connectivity index (χ3n) is 1.56. The summed E-state index contributed by atoms with van der Waals surface area (Å²) in [5.74, 6) is 5.12. The molecule has 14 heavy (non-hydrogen) atoms. The normalized spacial score (nSPS) is 9.29. The molecule has 0 bridgehead atoms. The van der Waals surface area contributed by atoms with E-state index in [1.807, 2.05) is 12.1 Å². The van der Waals surface area contributed by atoms with Gasteiger partial charge in [-0.15, -0.1) is 12.4 Å². The molecular formula is C8H11BrClNO3. The maximum absolute atomic E-state index is 10.6. The largest absolute Gasteiger partial charge is 0.454 e. The molecule has 80 valence electrons. The van der Waals surface area contributed by atoms with Crippen molar-refractivity contribution in [1.29, 1.82) is 0 Å². The summed E-state index contributed by atoms with van der Waals surface area (Å²) in [6.45, 7) is 0.